The second-order valence-electron chi connectivity index (χ2n) is 17.0. The Bertz CT molecular complexity index is 1320. The monoisotopic (exact) mass is 759 g/mol. The summed E-state index contributed by atoms with van der Waals surface area (Å²) < 4.78 is 49.8. The van der Waals surface area contributed by atoms with E-state index in [1.807, 2.05) is 13.8 Å². The Hall–Kier alpha value is -1.70. The topological polar surface area (TPSA) is 111 Å². The van der Waals surface area contributed by atoms with Gasteiger partial charge in [0.1, 0.15) is 24.4 Å². The van der Waals surface area contributed by atoms with Crippen LogP contribution in [0.1, 0.15) is 98.8 Å². The Morgan fingerprint density at radius 3 is 2.28 bits per heavy atom. The Morgan fingerprint density at radius 2 is 1.59 bits per heavy atom. The molecule has 0 spiro atoms. The second kappa shape index (κ2) is 18.7. The first-order valence-electron chi connectivity index (χ1n) is 21.1. The summed E-state index contributed by atoms with van der Waals surface area (Å²) in [5.74, 6) is 0.0207. The first-order valence-corrected chi connectivity index (χ1v) is 21.1. The number of esters is 1. The molecule has 0 aromatic heterocycles. The molecule has 6 rings (SSSR count). The first kappa shape index (κ1) is 41.9. The summed E-state index contributed by atoms with van der Waals surface area (Å²) in [6.45, 7) is 11.5. The van der Waals surface area contributed by atoms with Crippen molar-refractivity contribution in [2.75, 3.05) is 34.9 Å². The normalized spacial score (nSPS) is 44.5. The summed E-state index contributed by atoms with van der Waals surface area (Å²) in [6.07, 6.45) is 12.0. The summed E-state index contributed by atoms with van der Waals surface area (Å²) in [5.41, 5.74) is 0.767. The van der Waals surface area contributed by atoms with Crippen LogP contribution in [0.5, 0.6) is 0 Å². The number of carbonyl (C=O) groups is 2. The lowest BCUT2D eigenvalue weighted by Gasteiger charge is -2.44. The molecule has 1 saturated carbocycles. The van der Waals surface area contributed by atoms with Crippen LogP contribution in [0.25, 0.3) is 0 Å². The van der Waals surface area contributed by atoms with Gasteiger partial charge in [-0.2, -0.15) is 0 Å². The van der Waals surface area contributed by atoms with Crippen molar-refractivity contribution in [2.45, 2.75) is 166 Å². The summed E-state index contributed by atoms with van der Waals surface area (Å²) >= 11 is 0. The van der Waals surface area contributed by atoms with Crippen molar-refractivity contribution >= 4 is 11.8 Å². The summed E-state index contributed by atoms with van der Waals surface area (Å²) in [6, 6.07) is 0.357. The molecule has 0 aromatic rings. The van der Waals surface area contributed by atoms with Crippen molar-refractivity contribution in [1.82, 2.24) is 4.90 Å². The third-order valence-electron chi connectivity index (χ3n) is 13.7. The minimum Gasteiger partial charge on any atom is -0.462 e. The van der Waals surface area contributed by atoms with Gasteiger partial charge in [0.05, 0.1) is 30.8 Å². The van der Waals surface area contributed by atoms with E-state index in [-0.39, 0.29) is 96.8 Å². The molecule has 11 nitrogen and oxygen atoms in total. The average Bonchev–Trinajstić information content (AvgIpc) is 3.73. The van der Waals surface area contributed by atoms with Crippen molar-refractivity contribution in [2.24, 2.45) is 35.5 Å². The van der Waals surface area contributed by atoms with Gasteiger partial charge in [0.25, 0.3) is 0 Å². The Labute approximate surface area is 324 Å². The zero-order valence-corrected chi connectivity index (χ0v) is 34.4. The molecule has 11 heteroatoms. The quantitative estimate of drug-likeness (QED) is 0.176. The van der Waals surface area contributed by atoms with Crippen LogP contribution in [0.2, 0.25) is 0 Å². The van der Waals surface area contributed by atoms with E-state index in [0.29, 0.717) is 18.4 Å². The van der Waals surface area contributed by atoms with E-state index in [1.54, 1.807) is 21.3 Å². The van der Waals surface area contributed by atoms with Crippen molar-refractivity contribution in [3.8, 4) is 0 Å². The van der Waals surface area contributed by atoms with E-state index in [1.165, 1.54) is 0 Å². The fraction of sp³-hybridized carbons (Fsp3) is 0.860. The molecule has 0 aromatic carbocycles. The highest BCUT2D eigenvalue weighted by molar-refractivity contribution is 5.99. The van der Waals surface area contributed by atoms with Crippen molar-refractivity contribution in [3.05, 3.63) is 23.8 Å². The van der Waals surface area contributed by atoms with Crippen LogP contribution >= 0.6 is 0 Å². The third kappa shape index (κ3) is 8.89. The van der Waals surface area contributed by atoms with Gasteiger partial charge in [-0.05, 0) is 114 Å². The van der Waals surface area contributed by atoms with E-state index < -0.39 is 12.4 Å². The number of rotatable bonds is 11. The lowest BCUT2D eigenvalue weighted by molar-refractivity contribution is -0.314. The second-order valence-corrected chi connectivity index (χ2v) is 17.0. The molecule has 3 saturated heterocycles. The van der Waals surface area contributed by atoms with Gasteiger partial charge in [0.2, 0.25) is 0 Å². The van der Waals surface area contributed by atoms with Gasteiger partial charge in [0, 0.05) is 39.2 Å². The molecular formula is C43H69NO10. The summed E-state index contributed by atoms with van der Waals surface area (Å²) in [7, 11) is 7.15. The maximum absolute atomic E-state index is 14.7. The van der Waals surface area contributed by atoms with E-state index in [4.69, 9.17) is 37.9 Å². The maximum atomic E-state index is 14.7. The lowest BCUT2D eigenvalue weighted by atomic mass is 9.70. The number of allylic oxidation sites excluding steroid dienone is 4. The number of nitrogens with zero attached hydrogens (tertiary/aromatic N) is 1. The van der Waals surface area contributed by atoms with Crippen molar-refractivity contribution in [1.29, 1.82) is 0 Å². The van der Waals surface area contributed by atoms with Gasteiger partial charge in [-0.1, -0.05) is 39.0 Å². The van der Waals surface area contributed by atoms with Gasteiger partial charge in [0.15, 0.2) is 18.4 Å². The zero-order chi connectivity index (χ0) is 38.7. The standard InChI is InChI=1S/C43H69NO10/c1-10-19-44(6)35-17-18-38(50-25(35)4)54-36-14-12-13-28(11-2)52-37(45)23-33-30-16-15-27-20-29(21-31(27)32(30)22-34(33)39(46)24(36)3)53-43-42(49-9)41(48-8)40(47-7)26(5)51-43/h15-16,22,24-33,35-36,38,40-43H,10-14,17-21,23H2,1-9H3/t24-,25?,26?,27-,28+,29-,30-,31-,32-,33+,35+,36+,38+,40+,41?,42+,43+/m1/s1. The summed E-state index contributed by atoms with van der Waals surface area (Å²) in [5, 5.41) is 0. The Balaban J connectivity index is 1.19. The molecule has 306 valence electrons. The van der Waals surface area contributed by atoms with Crippen LogP contribution in [0.15, 0.2) is 23.8 Å². The minimum atomic E-state index is -0.594. The number of ketones is 1. The van der Waals surface area contributed by atoms with Crippen LogP contribution < -0.4 is 0 Å². The largest absolute Gasteiger partial charge is 0.462 e. The molecule has 0 bridgehead atoms. The Kier molecular flexibility index (Phi) is 14.5. The number of Topliss-reactive ketones (excluding diaryl/α,β-unsaturated/α-hetero) is 1. The van der Waals surface area contributed by atoms with Gasteiger partial charge in [-0.25, -0.2) is 0 Å². The SMILES string of the molecule is CCCN(C)[C@H]1CC[C@H](O[C@H]2CCC[C@H](CC)OC(=O)C[C@@H]3C(=C[C@@H]4[C@H]3C=C[C@@H]3C[C@@H](O[C@@H]5OC(C)[C@H](OC)C(OC)[C@@H]5OC)C[C@@H]43)C(=O)[C@@H]2C)OC1C. The number of carbonyl (C=O) groups excluding carboxylic acids is 2. The molecule has 3 aliphatic heterocycles. The number of hydrogen-bond acceptors (Lipinski definition) is 11. The van der Waals surface area contributed by atoms with Crippen LogP contribution in [0.4, 0.5) is 0 Å². The van der Waals surface area contributed by atoms with E-state index >= 15 is 0 Å². The molecule has 3 unspecified atom stereocenters. The third-order valence-corrected chi connectivity index (χ3v) is 13.7. The molecule has 4 fully saturated rings. The van der Waals surface area contributed by atoms with Crippen LogP contribution in [0.3, 0.4) is 0 Å². The van der Waals surface area contributed by atoms with E-state index in [2.05, 4.69) is 50.9 Å². The summed E-state index contributed by atoms with van der Waals surface area (Å²) in [4.78, 5) is 30.7. The molecular weight excluding hydrogens is 690 g/mol. The predicted molar refractivity (Wildman–Crippen MR) is 203 cm³/mol. The van der Waals surface area contributed by atoms with Crippen molar-refractivity contribution in [3.63, 3.8) is 0 Å². The highest BCUT2D eigenvalue weighted by Crippen LogP contribution is 2.54. The molecule has 6 aliphatic rings. The van der Waals surface area contributed by atoms with Gasteiger partial charge in [-0.15, -0.1) is 0 Å². The fourth-order valence-corrected chi connectivity index (χ4v) is 10.8. The van der Waals surface area contributed by atoms with Gasteiger partial charge >= 0.3 is 5.97 Å². The fourth-order valence-electron chi connectivity index (χ4n) is 10.8. The van der Waals surface area contributed by atoms with Gasteiger partial charge < -0.3 is 42.8 Å². The average molecular weight is 760 g/mol. The number of hydrogen-bond donors (Lipinski definition) is 0. The molecule has 0 N–H and O–H groups in total. The number of likely N-dealkylation sites (N-methyl/N-ethyl adjacent to an activating group) is 1. The van der Waals surface area contributed by atoms with Crippen LogP contribution in [-0.4, -0.2) is 119 Å². The Morgan fingerprint density at radius 1 is 0.833 bits per heavy atom. The van der Waals surface area contributed by atoms with Crippen LogP contribution in [0, 0.1) is 35.5 Å². The number of fused-ring (bicyclic) bond motifs is 5. The predicted octanol–water partition coefficient (Wildman–Crippen LogP) is 6.27. The van der Waals surface area contributed by atoms with Gasteiger partial charge in [-0.3, -0.25) is 9.59 Å². The van der Waals surface area contributed by atoms with E-state index in [0.717, 1.165) is 63.5 Å². The number of methoxy groups -OCH3 is 3. The maximum Gasteiger partial charge on any atom is 0.306 e. The molecule has 0 amide bonds. The number of ether oxygens (including phenoxy) is 8. The highest BCUT2D eigenvalue weighted by Gasteiger charge is 2.52. The van der Waals surface area contributed by atoms with Crippen molar-refractivity contribution < 1.29 is 47.5 Å². The molecule has 17 atom stereocenters. The lowest BCUT2D eigenvalue weighted by Crippen LogP contribution is -2.59. The van der Waals surface area contributed by atoms with E-state index in [9.17, 15) is 9.59 Å². The molecule has 0 radical (unpaired) electrons. The number of cyclic esters (lactones) is 1. The zero-order valence-electron chi connectivity index (χ0n) is 34.4. The minimum absolute atomic E-state index is 0.0440. The molecule has 3 heterocycles. The molecule has 54 heavy (non-hydrogen) atoms. The smallest absolute Gasteiger partial charge is 0.306 e. The first-order chi connectivity index (χ1) is 26.0. The highest BCUT2D eigenvalue weighted by atomic mass is 16.7. The molecule has 3 aliphatic carbocycles. The van der Waals surface area contributed by atoms with Crippen LogP contribution in [-0.2, 0) is 47.5 Å².